The molecule has 3 N–H and O–H groups in total. The number of aliphatic imine (C=N–C) groups is 1. The van der Waals surface area contributed by atoms with Gasteiger partial charge in [0.15, 0.2) is 5.96 Å². The third-order valence-corrected chi connectivity index (χ3v) is 2.55. The lowest BCUT2D eigenvalue weighted by Gasteiger charge is -2.21. The summed E-state index contributed by atoms with van der Waals surface area (Å²) in [5.74, 6) is 0.121. The largest absolute Gasteiger partial charge is 0.369 e. The van der Waals surface area contributed by atoms with E-state index in [1.807, 2.05) is 29.8 Å². The molecule has 1 amide bonds. The summed E-state index contributed by atoms with van der Waals surface area (Å²) in [4.78, 5) is 17.7. The van der Waals surface area contributed by atoms with Crippen LogP contribution in [-0.2, 0) is 4.79 Å². The van der Waals surface area contributed by atoms with Gasteiger partial charge in [0.25, 0.3) is 5.91 Å². The first-order valence-electron chi connectivity index (χ1n) is 4.60. The second-order valence-corrected chi connectivity index (χ2v) is 3.47. The summed E-state index contributed by atoms with van der Waals surface area (Å²) in [6.07, 6.45) is 1.73. The monoisotopic (exact) mass is 196 g/mol. The molecule has 2 aliphatic rings. The number of nitrogens with zero attached hydrogens (tertiary/aromatic N) is 3. The third-order valence-electron chi connectivity index (χ3n) is 2.55. The van der Waals surface area contributed by atoms with Gasteiger partial charge >= 0.3 is 0 Å². The lowest BCUT2D eigenvalue weighted by Crippen LogP contribution is -2.56. The number of carbonyl (C=O) groups is 1. The molecule has 2 atom stereocenters. The van der Waals surface area contributed by atoms with E-state index in [-0.39, 0.29) is 24.1 Å². The van der Waals surface area contributed by atoms with Crippen molar-refractivity contribution in [2.24, 2.45) is 10.7 Å². The summed E-state index contributed by atoms with van der Waals surface area (Å²) in [5.41, 5.74) is 5.50. The standard InChI is InChI=1S/C8H13N5O/c1-3-13-4-12(2)5-6(13)10-8(9)11-7(5)14/h4-6H,3H2,1-2H3,(H2-,9,10,11,14)/p+1. The first-order chi connectivity index (χ1) is 6.63. The van der Waals surface area contributed by atoms with Crippen LogP contribution < -0.4 is 11.1 Å². The van der Waals surface area contributed by atoms with E-state index in [1.165, 1.54) is 0 Å². The molecule has 0 radical (unpaired) electrons. The zero-order valence-electron chi connectivity index (χ0n) is 8.27. The molecule has 14 heavy (non-hydrogen) atoms. The lowest BCUT2D eigenvalue weighted by atomic mass is 10.2. The Balaban J connectivity index is 2.35. The number of guanidine groups is 1. The van der Waals surface area contributed by atoms with Crippen molar-refractivity contribution < 1.29 is 9.37 Å². The number of rotatable bonds is 1. The van der Waals surface area contributed by atoms with Gasteiger partial charge in [-0.1, -0.05) is 0 Å². The van der Waals surface area contributed by atoms with Crippen LogP contribution in [0.15, 0.2) is 4.99 Å². The van der Waals surface area contributed by atoms with Crippen LogP contribution in [0.1, 0.15) is 6.92 Å². The van der Waals surface area contributed by atoms with Crippen LogP contribution in [0.25, 0.3) is 0 Å². The minimum atomic E-state index is -0.248. The number of carbonyl (C=O) groups excluding carboxylic acids is 1. The highest BCUT2D eigenvalue weighted by atomic mass is 16.2. The predicted molar refractivity (Wildman–Crippen MR) is 52.0 cm³/mol. The number of likely N-dealkylation sites (N-methyl/N-ethyl adjacent to an activating group) is 2. The molecule has 0 saturated carbocycles. The molecule has 76 valence electrons. The SMILES string of the molecule is CC[N+]1=CN(C)C2C(=O)NC(N)=NC21. The van der Waals surface area contributed by atoms with Crippen molar-refractivity contribution in [1.82, 2.24) is 10.2 Å². The molecule has 0 aromatic carbocycles. The topological polar surface area (TPSA) is 73.7 Å². The van der Waals surface area contributed by atoms with Crippen LogP contribution in [0.5, 0.6) is 0 Å². The Morgan fingerprint density at radius 2 is 2.50 bits per heavy atom. The predicted octanol–water partition coefficient (Wildman–Crippen LogP) is -1.87. The molecule has 2 rings (SSSR count). The summed E-state index contributed by atoms with van der Waals surface area (Å²) < 4.78 is 2.00. The number of nitrogens with one attached hydrogen (secondary N) is 1. The van der Waals surface area contributed by atoms with Gasteiger partial charge in [0.1, 0.15) is 0 Å². The zero-order valence-corrected chi connectivity index (χ0v) is 8.27. The van der Waals surface area contributed by atoms with E-state index in [4.69, 9.17) is 5.73 Å². The van der Waals surface area contributed by atoms with E-state index in [0.717, 1.165) is 6.54 Å². The average Bonchev–Trinajstić information content (AvgIpc) is 2.42. The van der Waals surface area contributed by atoms with Gasteiger partial charge in [-0.2, -0.15) is 0 Å². The van der Waals surface area contributed by atoms with Gasteiger partial charge in [-0.05, 0) is 6.92 Å². The number of nitrogens with two attached hydrogens (primary N) is 1. The first-order valence-corrected chi connectivity index (χ1v) is 4.60. The molecule has 0 bridgehead atoms. The van der Waals surface area contributed by atoms with Gasteiger partial charge in [0.05, 0.1) is 13.6 Å². The second-order valence-electron chi connectivity index (χ2n) is 3.47. The Kier molecular flexibility index (Phi) is 1.90. The highest BCUT2D eigenvalue weighted by Gasteiger charge is 2.47. The van der Waals surface area contributed by atoms with Crippen LogP contribution >= 0.6 is 0 Å². The molecule has 2 unspecified atom stereocenters. The summed E-state index contributed by atoms with van der Waals surface area (Å²) in [6, 6.07) is -0.248. The number of hydrogen-bond acceptors (Lipinski definition) is 4. The third kappa shape index (κ3) is 1.14. The van der Waals surface area contributed by atoms with Crippen molar-refractivity contribution in [2.75, 3.05) is 13.6 Å². The Bertz CT molecular complexity index is 335. The van der Waals surface area contributed by atoms with Crippen LogP contribution in [-0.4, -0.2) is 53.5 Å². The van der Waals surface area contributed by atoms with Crippen molar-refractivity contribution in [3.8, 4) is 0 Å². The summed E-state index contributed by atoms with van der Waals surface area (Å²) in [5, 5.41) is 2.53. The molecule has 0 aliphatic carbocycles. The van der Waals surface area contributed by atoms with Crippen molar-refractivity contribution in [3.05, 3.63) is 0 Å². The van der Waals surface area contributed by atoms with Crippen LogP contribution in [0.3, 0.4) is 0 Å². The molecule has 2 aliphatic heterocycles. The molecule has 6 heteroatoms. The van der Waals surface area contributed by atoms with E-state index in [9.17, 15) is 4.79 Å². The van der Waals surface area contributed by atoms with E-state index in [2.05, 4.69) is 10.3 Å². The van der Waals surface area contributed by atoms with Gasteiger partial charge in [-0.3, -0.25) is 15.0 Å². The van der Waals surface area contributed by atoms with E-state index < -0.39 is 0 Å². The van der Waals surface area contributed by atoms with Crippen molar-refractivity contribution in [1.29, 1.82) is 0 Å². The van der Waals surface area contributed by atoms with Crippen molar-refractivity contribution in [3.63, 3.8) is 0 Å². The smallest absolute Gasteiger partial charge is 0.278 e. The lowest BCUT2D eigenvalue weighted by molar-refractivity contribution is -0.549. The van der Waals surface area contributed by atoms with Gasteiger partial charge in [-0.15, -0.1) is 0 Å². The van der Waals surface area contributed by atoms with E-state index >= 15 is 0 Å². The molecule has 0 fully saturated rings. The number of hydrogen-bond donors (Lipinski definition) is 2. The van der Waals surface area contributed by atoms with Crippen molar-refractivity contribution in [2.45, 2.75) is 19.1 Å². The number of amides is 1. The first kappa shape index (κ1) is 8.98. The Morgan fingerprint density at radius 1 is 1.79 bits per heavy atom. The summed E-state index contributed by atoms with van der Waals surface area (Å²) in [7, 11) is 1.87. The zero-order chi connectivity index (χ0) is 10.3. The maximum Gasteiger partial charge on any atom is 0.278 e. The maximum absolute atomic E-state index is 11.6. The molecule has 0 aromatic heterocycles. The summed E-state index contributed by atoms with van der Waals surface area (Å²) in [6.45, 7) is 2.83. The minimum absolute atomic E-state index is 0.0859. The highest BCUT2D eigenvalue weighted by molar-refractivity contribution is 6.01. The fourth-order valence-corrected chi connectivity index (χ4v) is 1.87. The normalized spacial score (nSPS) is 30.7. The quantitative estimate of drug-likeness (QED) is 0.483. The molecule has 0 aromatic rings. The van der Waals surface area contributed by atoms with Gasteiger partial charge in [-0.25, -0.2) is 9.57 Å². The fourth-order valence-electron chi connectivity index (χ4n) is 1.87. The highest BCUT2D eigenvalue weighted by Crippen LogP contribution is 2.15. The second kappa shape index (κ2) is 2.97. The number of fused-ring (bicyclic) bond motifs is 1. The van der Waals surface area contributed by atoms with Gasteiger partial charge < -0.3 is 5.73 Å². The Labute approximate surface area is 82.1 Å². The Hall–Kier alpha value is -1.59. The molecule has 2 heterocycles. The average molecular weight is 196 g/mol. The molecular weight excluding hydrogens is 182 g/mol. The van der Waals surface area contributed by atoms with Gasteiger partial charge in [0, 0.05) is 0 Å². The van der Waals surface area contributed by atoms with E-state index in [0.29, 0.717) is 0 Å². The van der Waals surface area contributed by atoms with E-state index in [1.54, 1.807) is 0 Å². The molecule has 6 nitrogen and oxygen atoms in total. The van der Waals surface area contributed by atoms with Crippen LogP contribution in [0, 0.1) is 0 Å². The van der Waals surface area contributed by atoms with Crippen LogP contribution in [0.2, 0.25) is 0 Å². The van der Waals surface area contributed by atoms with Crippen LogP contribution in [0.4, 0.5) is 0 Å². The summed E-state index contributed by atoms with van der Waals surface area (Å²) >= 11 is 0. The molecule has 0 saturated heterocycles. The Morgan fingerprint density at radius 3 is 3.14 bits per heavy atom. The minimum Gasteiger partial charge on any atom is -0.369 e. The maximum atomic E-state index is 11.6. The molecular formula is C8H14N5O+. The fraction of sp³-hybridized carbons (Fsp3) is 0.625. The van der Waals surface area contributed by atoms with Gasteiger partial charge in [0.2, 0.25) is 18.5 Å². The molecule has 0 spiro atoms. The van der Waals surface area contributed by atoms with Crippen molar-refractivity contribution >= 4 is 18.2 Å².